The number of piperazine rings is 1. The van der Waals surface area contributed by atoms with Crippen molar-refractivity contribution >= 4 is 33.5 Å². The monoisotopic (exact) mass is 327 g/mol. The summed E-state index contributed by atoms with van der Waals surface area (Å²) < 4.78 is 0. The van der Waals surface area contributed by atoms with Crippen LogP contribution in [0, 0.1) is 6.92 Å². The predicted octanol–water partition coefficient (Wildman–Crippen LogP) is 2.71. The molecule has 0 amide bonds. The minimum atomic E-state index is 0.935. The number of hydrogen-bond acceptors (Lipinski definition) is 6. The van der Waals surface area contributed by atoms with E-state index in [1.807, 2.05) is 24.3 Å². The fourth-order valence-electron chi connectivity index (χ4n) is 3.15. The van der Waals surface area contributed by atoms with Crippen LogP contribution in [-0.4, -0.2) is 48.9 Å². The van der Waals surface area contributed by atoms with Gasteiger partial charge in [-0.25, -0.2) is 10.8 Å². The highest BCUT2D eigenvalue weighted by Gasteiger charge is 2.28. The Kier molecular flexibility index (Phi) is 3.60. The van der Waals surface area contributed by atoms with E-state index in [1.54, 1.807) is 16.3 Å². The lowest BCUT2D eigenvalue weighted by atomic mass is 10.2. The molecule has 1 aromatic heterocycles. The molecule has 0 saturated carbocycles. The number of fused-ring (bicyclic) bond motifs is 2. The second-order valence-corrected chi connectivity index (χ2v) is 7.40. The van der Waals surface area contributed by atoms with Gasteiger partial charge in [0, 0.05) is 31.1 Å². The summed E-state index contributed by atoms with van der Waals surface area (Å²) in [5.41, 5.74) is 3.04. The number of anilines is 2. The van der Waals surface area contributed by atoms with Crippen LogP contribution < -0.4 is 10.9 Å². The minimum absolute atomic E-state index is 0.935. The van der Waals surface area contributed by atoms with Crippen LogP contribution >= 0.6 is 11.3 Å². The van der Waals surface area contributed by atoms with E-state index in [1.165, 1.54) is 4.88 Å². The van der Waals surface area contributed by atoms with E-state index in [4.69, 9.17) is 10.8 Å². The van der Waals surface area contributed by atoms with Gasteiger partial charge in [0.05, 0.1) is 16.9 Å². The summed E-state index contributed by atoms with van der Waals surface area (Å²) in [6, 6.07) is 10.3. The molecule has 2 aliphatic rings. The number of hydrogen-bond donors (Lipinski definition) is 1. The molecule has 4 rings (SSSR count). The lowest BCUT2D eigenvalue weighted by molar-refractivity contribution is 0.216. The SMILES string of the molecule is Cc1cc2c(s1)N(N)c1ccccc1N=C2N1CCN(C)CC1. The van der Waals surface area contributed by atoms with Crippen LogP contribution in [0.4, 0.5) is 16.4 Å². The molecule has 0 aliphatic carbocycles. The highest BCUT2D eigenvalue weighted by molar-refractivity contribution is 7.16. The summed E-state index contributed by atoms with van der Waals surface area (Å²) in [7, 11) is 2.17. The maximum atomic E-state index is 6.43. The van der Waals surface area contributed by atoms with Gasteiger partial charge in [0.25, 0.3) is 0 Å². The summed E-state index contributed by atoms with van der Waals surface area (Å²) in [6.45, 7) is 6.24. The number of thiophene rings is 1. The smallest absolute Gasteiger partial charge is 0.139 e. The third-order valence-electron chi connectivity index (χ3n) is 4.47. The summed E-state index contributed by atoms with van der Waals surface area (Å²) >= 11 is 1.73. The van der Waals surface area contributed by atoms with Crippen molar-refractivity contribution in [3.63, 3.8) is 0 Å². The van der Waals surface area contributed by atoms with E-state index in [0.717, 1.165) is 54.0 Å². The average molecular weight is 327 g/mol. The van der Waals surface area contributed by atoms with Gasteiger partial charge in [-0.15, -0.1) is 11.3 Å². The molecule has 3 heterocycles. The highest BCUT2D eigenvalue weighted by Crippen LogP contribution is 2.42. The van der Waals surface area contributed by atoms with Gasteiger partial charge in [-0.2, -0.15) is 0 Å². The fourth-order valence-corrected chi connectivity index (χ4v) is 4.09. The van der Waals surface area contributed by atoms with Gasteiger partial charge in [0.1, 0.15) is 10.8 Å². The standard InChI is InChI=1S/C17H21N5S/c1-12-11-13-16(21-9-7-20(2)8-10-21)19-14-5-3-4-6-15(14)22(18)17(13)23-12/h3-6,11H,7-10,18H2,1-2H3. The second-order valence-electron chi connectivity index (χ2n) is 6.16. The molecule has 0 spiro atoms. The molecule has 0 atom stereocenters. The van der Waals surface area contributed by atoms with Crippen molar-refractivity contribution in [2.75, 3.05) is 38.2 Å². The van der Waals surface area contributed by atoms with E-state index >= 15 is 0 Å². The molecule has 2 aromatic rings. The Bertz CT molecular complexity index is 758. The number of rotatable bonds is 0. The molecule has 120 valence electrons. The van der Waals surface area contributed by atoms with Crippen molar-refractivity contribution in [3.8, 4) is 0 Å². The molecular formula is C17H21N5S. The Morgan fingerprint density at radius 1 is 1.13 bits per heavy atom. The van der Waals surface area contributed by atoms with Crippen LogP contribution in [0.3, 0.4) is 0 Å². The van der Waals surface area contributed by atoms with E-state index in [0.29, 0.717) is 0 Å². The van der Waals surface area contributed by atoms with Crippen LogP contribution in [0.5, 0.6) is 0 Å². The Morgan fingerprint density at radius 2 is 1.87 bits per heavy atom. The second kappa shape index (κ2) is 5.63. The molecule has 2 N–H and O–H groups in total. The first-order valence-corrected chi connectivity index (χ1v) is 8.72. The van der Waals surface area contributed by atoms with Gasteiger partial charge in [-0.1, -0.05) is 12.1 Å². The van der Waals surface area contributed by atoms with Crippen molar-refractivity contribution in [1.29, 1.82) is 0 Å². The largest absolute Gasteiger partial charge is 0.353 e. The highest BCUT2D eigenvalue weighted by atomic mass is 32.1. The van der Waals surface area contributed by atoms with E-state index in [2.05, 4.69) is 29.8 Å². The predicted molar refractivity (Wildman–Crippen MR) is 97.1 cm³/mol. The number of para-hydroxylation sites is 2. The Morgan fingerprint density at radius 3 is 2.65 bits per heavy atom. The molecule has 23 heavy (non-hydrogen) atoms. The molecule has 6 heteroatoms. The number of amidine groups is 1. The van der Waals surface area contributed by atoms with Crippen molar-refractivity contribution in [1.82, 2.24) is 9.80 Å². The first kappa shape index (κ1) is 14.7. The van der Waals surface area contributed by atoms with Gasteiger partial charge in [0.2, 0.25) is 0 Å². The molecular weight excluding hydrogens is 306 g/mol. The normalized spacial score (nSPS) is 18.3. The first-order chi connectivity index (χ1) is 11.1. The van der Waals surface area contributed by atoms with E-state index in [9.17, 15) is 0 Å². The van der Waals surface area contributed by atoms with Crippen LogP contribution in [0.15, 0.2) is 35.3 Å². The molecule has 2 aliphatic heterocycles. The summed E-state index contributed by atoms with van der Waals surface area (Å²) in [6.07, 6.45) is 0. The molecule has 0 bridgehead atoms. The van der Waals surface area contributed by atoms with Crippen molar-refractivity contribution < 1.29 is 0 Å². The maximum absolute atomic E-state index is 6.43. The average Bonchev–Trinajstić information content (AvgIpc) is 2.90. The zero-order valence-electron chi connectivity index (χ0n) is 13.5. The summed E-state index contributed by atoms with van der Waals surface area (Å²) in [4.78, 5) is 11.0. The lowest BCUT2D eigenvalue weighted by Crippen LogP contribution is -2.47. The van der Waals surface area contributed by atoms with Gasteiger partial charge < -0.3 is 9.80 Å². The number of aliphatic imine (C=N–C) groups is 1. The summed E-state index contributed by atoms with van der Waals surface area (Å²) in [5.74, 6) is 7.48. The maximum Gasteiger partial charge on any atom is 0.139 e. The van der Waals surface area contributed by atoms with E-state index in [-0.39, 0.29) is 0 Å². The zero-order valence-corrected chi connectivity index (χ0v) is 14.3. The van der Waals surface area contributed by atoms with Crippen LogP contribution in [-0.2, 0) is 0 Å². The molecule has 1 aromatic carbocycles. The van der Waals surface area contributed by atoms with Crippen molar-refractivity contribution in [3.05, 3.63) is 40.8 Å². The van der Waals surface area contributed by atoms with Crippen LogP contribution in [0.2, 0.25) is 0 Å². The van der Waals surface area contributed by atoms with E-state index < -0.39 is 0 Å². The first-order valence-electron chi connectivity index (χ1n) is 7.90. The Labute approximate surface area is 140 Å². The molecule has 5 nitrogen and oxygen atoms in total. The molecule has 0 unspecified atom stereocenters. The van der Waals surface area contributed by atoms with Gasteiger partial charge in [-0.05, 0) is 32.2 Å². The number of aryl methyl sites for hydroxylation is 1. The van der Waals surface area contributed by atoms with Crippen molar-refractivity contribution in [2.24, 2.45) is 10.8 Å². The number of nitrogens with zero attached hydrogens (tertiary/aromatic N) is 4. The molecule has 1 fully saturated rings. The van der Waals surface area contributed by atoms with Crippen molar-refractivity contribution in [2.45, 2.75) is 6.92 Å². The zero-order chi connectivity index (χ0) is 16.0. The number of benzene rings is 1. The van der Waals surface area contributed by atoms with Gasteiger partial charge in [-0.3, -0.25) is 5.01 Å². The topological polar surface area (TPSA) is 48.1 Å². The van der Waals surface area contributed by atoms with Crippen LogP contribution in [0.1, 0.15) is 10.4 Å². The molecule has 0 radical (unpaired) electrons. The number of nitrogens with two attached hydrogens (primary N) is 1. The third kappa shape index (κ3) is 2.52. The van der Waals surface area contributed by atoms with Gasteiger partial charge in [0.15, 0.2) is 0 Å². The fraction of sp³-hybridized carbons (Fsp3) is 0.353. The molecule has 1 saturated heterocycles. The van der Waals surface area contributed by atoms with Gasteiger partial charge >= 0.3 is 0 Å². The quantitative estimate of drug-likeness (QED) is 0.756. The number of hydrazine groups is 1. The Hall–Kier alpha value is -1.89. The summed E-state index contributed by atoms with van der Waals surface area (Å²) in [5, 5.41) is 2.86. The van der Waals surface area contributed by atoms with Crippen LogP contribution in [0.25, 0.3) is 0 Å². The Balaban J connectivity index is 1.85. The third-order valence-corrected chi connectivity index (χ3v) is 5.52. The lowest BCUT2D eigenvalue weighted by Gasteiger charge is -2.34. The minimum Gasteiger partial charge on any atom is -0.353 e. The number of likely N-dealkylation sites (N-methyl/N-ethyl adjacent to an activating group) is 1.